The van der Waals surface area contributed by atoms with Crippen molar-refractivity contribution in [1.82, 2.24) is 19.3 Å². The number of para-hydroxylation sites is 1. The van der Waals surface area contributed by atoms with Crippen molar-refractivity contribution >= 4 is 51.1 Å². The number of nitrogen functional groups attached to an aromatic ring is 1. The van der Waals surface area contributed by atoms with Gasteiger partial charge >= 0.3 is 0 Å². The van der Waals surface area contributed by atoms with Crippen LogP contribution < -0.4 is 15.9 Å². The number of rotatable bonds is 10. The summed E-state index contributed by atoms with van der Waals surface area (Å²) in [7, 11) is 2.19. The third-order valence-corrected chi connectivity index (χ3v) is 7.29. The number of benzene rings is 2. The lowest BCUT2D eigenvalue weighted by Crippen LogP contribution is -2.29. The first-order valence-electron chi connectivity index (χ1n) is 11.3. The summed E-state index contributed by atoms with van der Waals surface area (Å²) in [5.41, 5.74) is 9.08. The van der Waals surface area contributed by atoms with Gasteiger partial charge in [0.1, 0.15) is 19.2 Å². The Morgan fingerprint density at radius 1 is 1.03 bits per heavy atom. The summed E-state index contributed by atoms with van der Waals surface area (Å²) in [5, 5.41) is 1.03. The number of nitrogens with zero attached hydrogens (tertiary/aromatic N) is 3. The highest BCUT2D eigenvalue weighted by atomic mass is 32.2. The van der Waals surface area contributed by atoms with Crippen LogP contribution in [0.1, 0.15) is 38.4 Å². The summed E-state index contributed by atoms with van der Waals surface area (Å²) < 4.78 is 30.0. The quantitative estimate of drug-likeness (QED) is 0.279. The van der Waals surface area contributed by atoms with Crippen molar-refractivity contribution in [3.05, 3.63) is 54.4 Å². The molecule has 0 aliphatic rings. The highest BCUT2D eigenvalue weighted by Gasteiger charge is 2.18. The van der Waals surface area contributed by atoms with Crippen LogP contribution in [0.4, 0.5) is 5.82 Å². The van der Waals surface area contributed by atoms with Gasteiger partial charge in [0.2, 0.25) is 10.0 Å². The van der Waals surface area contributed by atoms with Crippen LogP contribution in [0.25, 0.3) is 21.9 Å². The van der Waals surface area contributed by atoms with Crippen LogP contribution in [-0.2, 0) is 23.0 Å². The molecule has 0 unspecified atom stereocenters. The monoisotopic (exact) mass is 461 g/mol. The fourth-order valence-electron chi connectivity index (χ4n) is 4.08. The highest BCUT2D eigenvalue weighted by molar-refractivity contribution is 7.89. The Morgan fingerprint density at radius 2 is 1.79 bits per heavy atom. The van der Waals surface area contributed by atoms with Gasteiger partial charge in [0.15, 0.2) is 5.82 Å². The fraction of sp³-hybridized carbons (Fsp3) is 0.333. The number of hydrogen-bond donors (Lipinski definition) is 2. The van der Waals surface area contributed by atoms with Gasteiger partial charge in [-0.05, 0) is 31.4 Å². The molecule has 0 saturated heterocycles. The molecule has 170 valence electrons. The minimum Gasteiger partial charge on any atom is -0.382 e. The summed E-state index contributed by atoms with van der Waals surface area (Å²) in [5.74, 6) is 1.43. The maximum atomic E-state index is 12.5. The fourth-order valence-corrected chi connectivity index (χ4v) is 5.28. The number of fused-ring (bicyclic) bond motifs is 3. The first-order chi connectivity index (χ1) is 15.9. The van der Waals surface area contributed by atoms with E-state index in [0.717, 1.165) is 60.0 Å². The van der Waals surface area contributed by atoms with E-state index in [1.165, 1.54) is 6.07 Å². The second kappa shape index (κ2) is 9.93. The molecule has 0 aliphatic heterocycles. The second-order valence-corrected chi connectivity index (χ2v) is 9.87. The van der Waals surface area contributed by atoms with Gasteiger partial charge in [0.25, 0.3) is 0 Å². The van der Waals surface area contributed by atoms with Gasteiger partial charge in [-0.1, -0.05) is 55.2 Å². The lowest BCUT2D eigenvalue weighted by molar-refractivity contribution is 0.562. The van der Waals surface area contributed by atoms with Gasteiger partial charge in [0.05, 0.1) is 15.9 Å². The number of nitrogens with two attached hydrogens (primary N) is 1. The summed E-state index contributed by atoms with van der Waals surface area (Å²) in [4.78, 5) is 9.48. The van der Waals surface area contributed by atoms with Crippen LogP contribution >= 0.6 is 0 Å². The average Bonchev–Trinajstić information content (AvgIpc) is 3.17. The largest absolute Gasteiger partial charge is 0.382 e. The number of aryl methyl sites for hydroxylation is 2. The number of unbranched alkanes of at least 4 members (excludes halogenated alkanes) is 2. The smallest absolute Gasteiger partial charge is 0.239 e. The standard InChI is InChI=1S/C24H28BN5O2S/c1-2-3-14-21-29-22-23(17-10-4-6-12-19(17)28-24(22)26)30(21)16-9-8-15-27-33(31,32)20-13-7-5-11-18(20)25/h4-7,10-13,27H,2-3,8-9,14-16H2,1H3,(H2,26,28). The van der Waals surface area contributed by atoms with E-state index in [9.17, 15) is 8.42 Å². The van der Waals surface area contributed by atoms with Crippen LogP contribution in [0.5, 0.6) is 0 Å². The van der Waals surface area contributed by atoms with E-state index in [0.29, 0.717) is 18.8 Å². The first kappa shape index (κ1) is 23.3. The molecule has 4 aromatic rings. The third-order valence-electron chi connectivity index (χ3n) is 5.75. The van der Waals surface area contributed by atoms with Crippen molar-refractivity contribution in [2.45, 2.75) is 50.5 Å². The van der Waals surface area contributed by atoms with Crippen molar-refractivity contribution in [3.8, 4) is 0 Å². The summed E-state index contributed by atoms with van der Waals surface area (Å²) in [6.07, 6.45) is 4.43. The van der Waals surface area contributed by atoms with E-state index in [1.54, 1.807) is 18.2 Å². The zero-order chi connectivity index (χ0) is 23.4. The Balaban J connectivity index is 1.52. The predicted molar refractivity (Wildman–Crippen MR) is 134 cm³/mol. The van der Waals surface area contributed by atoms with E-state index in [2.05, 4.69) is 21.2 Å². The second-order valence-electron chi connectivity index (χ2n) is 8.14. The van der Waals surface area contributed by atoms with E-state index >= 15 is 0 Å². The molecule has 3 N–H and O–H groups in total. The number of aromatic nitrogens is 3. The van der Waals surface area contributed by atoms with Gasteiger partial charge in [-0.15, -0.1) is 0 Å². The minimum atomic E-state index is -3.63. The molecule has 0 atom stereocenters. The lowest BCUT2D eigenvalue weighted by Gasteiger charge is -2.12. The van der Waals surface area contributed by atoms with E-state index in [4.69, 9.17) is 18.6 Å². The maximum Gasteiger partial charge on any atom is 0.239 e. The lowest BCUT2D eigenvalue weighted by atomic mass is 9.97. The normalized spacial score (nSPS) is 12.0. The first-order valence-corrected chi connectivity index (χ1v) is 12.8. The molecule has 4 rings (SSSR count). The van der Waals surface area contributed by atoms with Gasteiger partial charge in [-0.2, -0.15) is 0 Å². The summed E-state index contributed by atoms with van der Waals surface area (Å²) >= 11 is 0. The van der Waals surface area contributed by atoms with Crippen molar-refractivity contribution in [1.29, 1.82) is 0 Å². The van der Waals surface area contributed by atoms with Crippen LogP contribution in [0.2, 0.25) is 0 Å². The van der Waals surface area contributed by atoms with Crippen LogP contribution in [0.3, 0.4) is 0 Å². The van der Waals surface area contributed by atoms with Gasteiger partial charge in [-0.25, -0.2) is 23.1 Å². The molecule has 33 heavy (non-hydrogen) atoms. The Labute approximate surface area is 195 Å². The molecular weight excluding hydrogens is 433 g/mol. The Kier molecular flexibility index (Phi) is 7.00. The number of imidazole rings is 1. The van der Waals surface area contributed by atoms with Gasteiger partial charge in [-0.3, -0.25) is 0 Å². The number of nitrogens with one attached hydrogen (secondary N) is 1. The molecule has 0 spiro atoms. The molecule has 7 nitrogen and oxygen atoms in total. The number of sulfonamides is 1. The molecule has 0 amide bonds. The average molecular weight is 461 g/mol. The van der Waals surface area contributed by atoms with Gasteiger partial charge < -0.3 is 10.3 Å². The number of pyridine rings is 1. The van der Waals surface area contributed by atoms with Gasteiger partial charge in [0, 0.05) is 24.9 Å². The molecule has 2 aromatic carbocycles. The molecular formula is C24H28BN5O2S. The highest BCUT2D eigenvalue weighted by Crippen LogP contribution is 2.29. The Morgan fingerprint density at radius 3 is 2.58 bits per heavy atom. The van der Waals surface area contributed by atoms with Crippen molar-refractivity contribution in [2.24, 2.45) is 0 Å². The van der Waals surface area contributed by atoms with Crippen molar-refractivity contribution in [2.75, 3.05) is 12.3 Å². The molecule has 2 radical (unpaired) electrons. The molecule has 9 heteroatoms. The topological polar surface area (TPSA) is 103 Å². The zero-order valence-corrected chi connectivity index (χ0v) is 19.6. The van der Waals surface area contributed by atoms with Crippen LogP contribution in [0, 0.1) is 0 Å². The maximum absolute atomic E-state index is 12.5. The molecule has 0 saturated carbocycles. The predicted octanol–water partition coefficient (Wildman–Crippen LogP) is 3.06. The Bertz CT molecular complexity index is 1380. The van der Waals surface area contributed by atoms with E-state index in [1.807, 2.05) is 24.3 Å². The summed E-state index contributed by atoms with van der Waals surface area (Å²) in [6.45, 7) is 3.21. The van der Waals surface area contributed by atoms with Crippen LogP contribution in [0.15, 0.2) is 53.4 Å². The molecule has 2 heterocycles. The minimum absolute atomic E-state index is 0.113. The van der Waals surface area contributed by atoms with Crippen molar-refractivity contribution in [3.63, 3.8) is 0 Å². The molecule has 0 aliphatic carbocycles. The number of anilines is 1. The number of hydrogen-bond acceptors (Lipinski definition) is 5. The summed E-state index contributed by atoms with van der Waals surface area (Å²) in [6, 6.07) is 14.4. The SMILES string of the molecule is [B]c1ccccc1S(=O)(=O)NCCCCn1c(CCCC)nc2c(N)nc3ccccc3c21. The van der Waals surface area contributed by atoms with E-state index in [-0.39, 0.29) is 10.4 Å². The van der Waals surface area contributed by atoms with Crippen LogP contribution in [-0.4, -0.2) is 37.3 Å². The van der Waals surface area contributed by atoms with E-state index < -0.39 is 10.0 Å². The molecule has 0 fully saturated rings. The zero-order valence-electron chi connectivity index (χ0n) is 18.8. The van der Waals surface area contributed by atoms with Crippen molar-refractivity contribution < 1.29 is 8.42 Å². The third kappa shape index (κ3) is 4.89. The molecule has 0 bridgehead atoms. The Hall–Kier alpha value is -2.91. The molecule has 2 aromatic heterocycles.